The van der Waals surface area contributed by atoms with Crippen molar-refractivity contribution >= 4 is 23.2 Å². The summed E-state index contributed by atoms with van der Waals surface area (Å²) in [6, 6.07) is 12.5. The molecule has 0 aliphatic heterocycles. The highest BCUT2D eigenvalue weighted by molar-refractivity contribution is 7.10. The number of carbonyl (C=O) groups excluding carboxylic acids is 2. The Balaban J connectivity index is 2.00. The molecule has 1 heterocycles. The summed E-state index contributed by atoms with van der Waals surface area (Å²) >= 11 is 1.65. The normalized spacial score (nSPS) is 11.8. The Labute approximate surface area is 153 Å². The van der Waals surface area contributed by atoms with Crippen LogP contribution >= 0.6 is 11.3 Å². The lowest BCUT2D eigenvalue weighted by Gasteiger charge is -2.18. The van der Waals surface area contributed by atoms with E-state index in [1.165, 1.54) is 10.5 Å². The fourth-order valence-corrected chi connectivity index (χ4v) is 3.20. The van der Waals surface area contributed by atoms with Crippen molar-refractivity contribution in [2.75, 3.05) is 27.2 Å². The summed E-state index contributed by atoms with van der Waals surface area (Å²) in [6.45, 7) is 2.30. The fourth-order valence-electron chi connectivity index (χ4n) is 2.37. The van der Waals surface area contributed by atoms with Gasteiger partial charge in [0.25, 0.3) is 0 Å². The van der Waals surface area contributed by atoms with Gasteiger partial charge in [-0.3, -0.25) is 14.9 Å². The molecule has 5 nitrogen and oxygen atoms in total. The monoisotopic (exact) mass is 359 g/mol. The molecule has 25 heavy (non-hydrogen) atoms. The number of amides is 2. The van der Waals surface area contributed by atoms with Gasteiger partial charge in [0.05, 0.1) is 19.1 Å². The van der Waals surface area contributed by atoms with Crippen LogP contribution in [0.15, 0.2) is 41.8 Å². The zero-order valence-electron chi connectivity index (χ0n) is 14.9. The summed E-state index contributed by atoms with van der Waals surface area (Å²) in [4.78, 5) is 26.2. The van der Waals surface area contributed by atoms with Crippen molar-refractivity contribution in [2.24, 2.45) is 0 Å². The van der Waals surface area contributed by atoms with Crippen molar-refractivity contribution in [3.05, 3.63) is 57.8 Å². The van der Waals surface area contributed by atoms with E-state index in [1.54, 1.807) is 25.4 Å². The van der Waals surface area contributed by atoms with E-state index in [9.17, 15) is 9.59 Å². The number of thiophene rings is 1. The zero-order chi connectivity index (χ0) is 18.2. The first-order chi connectivity index (χ1) is 12.0. The number of benzene rings is 1. The highest BCUT2D eigenvalue weighted by Crippen LogP contribution is 2.26. The van der Waals surface area contributed by atoms with E-state index in [1.807, 2.05) is 11.4 Å². The lowest BCUT2D eigenvalue weighted by Crippen LogP contribution is -2.41. The van der Waals surface area contributed by atoms with Crippen LogP contribution in [0.4, 0.5) is 0 Å². The molecule has 0 fully saturated rings. The first-order valence-corrected chi connectivity index (χ1v) is 9.21. The van der Waals surface area contributed by atoms with Gasteiger partial charge in [0.15, 0.2) is 0 Å². The molecule has 134 valence electrons. The molecule has 0 bridgehead atoms. The molecule has 1 aromatic heterocycles. The molecule has 0 spiro atoms. The van der Waals surface area contributed by atoms with E-state index in [-0.39, 0.29) is 30.9 Å². The summed E-state index contributed by atoms with van der Waals surface area (Å²) in [5.41, 5.74) is 2.41. The molecule has 1 aromatic carbocycles. The number of nitrogens with zero attached hydrogens (tertiary/aromatic N) is 1. The van der Waals surface area contributed by atoms with Crippen molar-refractivity contribution < 1.29 is 9.59 Å². The number of hydrogen-bond acceptors (Lipinski definition) is 4. The maximum Gasteiger partial charge on any atom is 0.241 e. The summed E-state index contributed by atoms with van der Waals surface area (Å²) in [6.07, 6.45) is 1.000. The Bertz CT molecular complexity index is 681. The Hall–Kier alpha value is -2.18. The van der Waals surface area contributed by atoms with E-state index >= 15 is 0 Å². The Morgan fingerprint density at radius 2 is 1.84 bits per heavy atom. The van der Waals surface area contributed by atoms with Gasteiger partial charge in [-0.1, -0.05) is 37.3 Å². The predicted octanol–water partition coefficient (Wildman–Crippen LogP) is 2.19. The van der Waals surface area contributed by atoms with Gasteiger partial charge in [0, 0.05) is 19.0 Å². The van der Waals surface area contributed by atoms with Crippen LogP contribution < -0.4 is 10.6 Å². The molecular formula is C19H25N3O2S. The van der Waals surface area contributed by atoms with Gasteiger partial charge < -0.3 is 10.2 Å². The summed E-state index contributed by atoms with van der Waals surface area (Å²) < 4.78 is 0. The van der Waals surface area contributed by atoms with Crippen molar-refractivity contribution in [3.63, 3.8) is 0 Å². The van der Waals surface area contributed by atoms with Crippen LogP contribution in [0.3, 0.4) is 0 Å². The second-order valence-electron chi connectivity index (χ2n) is 5.99. The van der Waals surface area contributed by atoms with Crippen LogP contribution in [0.25, 0.3) is 0 Å². The molecule has 2 amide bonds. The quantitative estimate of drug-likeness (QED) is 0.760. The van der Waals surface area contributed by atoms with E-state index in [4.69, 9.17) is 0 Å². The zero-order valence-corrected chi connectivity index (χ0v) is 15.7. The number of rotatable bonds is 8. The van der Waals surface area contributed by atoms with Crippen LogP contribution in [0.5, 0.6) is 0 Å². The van der Waals surface area contributed by atoms with Gasteiger partial charge >= 0.3 is 0 Å². The predicted molar refractivity (Wildman–Crippen MR) is 102 cm³/mol. The minimum atomic E-state index is -0.193. The van der Waals surface area contributed by atoms with Crippen LogP contribution in [0.2, 0.25) is 0 Å². The molecule has 0 aliphatic rings. The van der Waals surface area contributed by atoms with E-state index in [2.05, 4.69) is 47.9 Å². The molecule has 2 N–H and O–H groups in total. The van der Waals surface area contributed by atoms with Gasteiger partial charge in [-0.2, -0.15) is 0 Å². The van der Waals surface area contributed by atoms with Crippen LogP contribution in [-0.4, -0.2) is 43.9 Å². The minimum Gasteiger partial charge on any atom is -0.347 e. The summed E-state index contributed by atoms with van der Waals surface area (Å²) in [5.74, 6) is -0.319. The molecule has 2 aromatic rings. The molecule has 1 atom stereocenters. The number of aryl methyl sites for hydroxylation is 1. The third-order valence-electron chi connectivity index (χ3n) is 3.95. The van der Waals surface area contributed by atoms with E-state index in [0.29, 0.717) is 0 Å². The van der Waals surface area contributed by atoms with Crippen molar-refractivity contribution in [2.45, 2.75) is 19.4 Å². The summed E-state index contributed by atoms with van der Waals surface area (Å²) in [7, 11) is 3.33. The molecule has 0 saturated carbocycles. The molecule has 0 radical (unpaired) electrons. The SMILES string of the molecule is CCc1ccc([C@H](NCC(=O)NCC(=O)N(C)C)c2cccs2)cc1. The summed E-state index contributed by atoms with van der Waals surface area (Å²) in [5, 5.41) is 7.98. The number of nitrogens with one attached hydrogen (secondary N) is 2. The van der Waals surface area contributed by atoms with Crippen molar-refractivity contribution in [1.82, 2.24) is 15.5 Å². The first kappa shape index (κ1) is 19.1. The second-order valence-corrected chi connectivity index (χ2v) is 6.97. The van der Waals surface area contributed by atoms with Gasteiger partial charge in [-0.25, -0.2) is 0 Å². The second kappa shape index (κ2) is 9.34. The standard InChI is InChI=1S/C19H25N3O2S/c1-4-14-7-9-15(10-8-14)19(16-6-5-11-25-16)21-12-17(23)20-13-18(24)22(2)3/h5-11,19,21H,4,12-13H2,1-3H3,(H,20,23)/t19-/m0/s1. The Morgan fingerprint density at radius 1 is 1.12 bits per heavy atom. The third kappa shape index (κ3) is 5.69. The van der Waals surface area contributed by atoms with Crippen LogP contribution in [-0.2, 0) is 16.0 Å². The van der Waals surface area contributed by atoms with Crippen molar-refractivity contribution in [1.29, 1.82) is 0 Å². The third-order valence-corrected chi connectivity index (χ3v) is 4.89. The molecule has 0 unspecified atom stereocenters. The average molecular weight is 359 g/mol. The molecule has 0 saturated heterocycles. The largest absolute Gasteiger partial charge is 0.347 e. The smallest absolute Gasteiger partial charge is 0.241 e. The van der Waals surface area contributed by atoms with Gasteiger partial charge in [-0.15, -0.1) is 11.3 Å². The van der Waals surface area contributed by atoms with E-state index in [0.717, 1.165) is 16.9 Å². The number of carbonyl (C=O) groups is 2. The highest BCUT2D eigenvalue weighted by atomic mass is 32.1. The highest BCUT2D eigenvalue weighted by Gasteiger charge is 2.16. The minimum absolute atomic E-state index is 0.0162. The molecule has 6 heteroatoms. The maximum atomic E-state index is 12.0. The van der Waals surface area contributed by atoms with Gasteiger partial charge in [-0.05, 0) is 29.0 Å². The van der Waals surface area contributed by atoms with Gasteiger partial charge in [0.1, 0.15) is 0 Å². The van der Waals surface area contributed by atoms with Gasteiger partial charge in [0.2, 0.25) is 11.8 Å². The maximum absolute atomic E-state index is 12.0. The van der Waals surface area contributed by atoms with Crippen LogP contribution in [0.1, 0.15) is 29.0 Å². The molecule has 0 aliphatic carbocycles. The number of hydrogen-bond donors (Lipinski definition) is 2. The van der Waals surface area contributed by atoms with Crippen molar-refractivity contribution in [3.8, 4) is 0 Å². The topological polar surface area (TPSA) is 61.4 Å². The lowest BCUT2D eigenvalue weighted by atomic mass is 10.0. The first-order valence-electron chi connectivity index (χ1n) is 8.33. The van der Waals surface area contributed by atoms with Crippen LogP contribution in [0, 0.1) is 0 Å². The van der Waals surface area contributed by atoms with E-state index < -0.39 is 0 Å². The Morgan fingerprint density at radius 3 is 2.40 bits per heavy atom. The fraction of sp³-hybridized carbons (Fsp3) is 0.368. The molecule has 2 rings (SSSR count). The lowest BCUT2D eigenvalue weighted by molar-refractivity contribution is -0.130. The Kier molecular flexibility index (Phi) is 7.16. The molecular weight excluding hydrogens is 334 g/mol. The average Bonchev–Trinajstić information content (AvgIpc) is 3.14. The number of likely N-dealkylation sites (N-methyl/N-ethyl adjacent to an activating group) is 1.